The minimum atomic E-state index is -0.406. The van der Waals surface area contributed by atoms with Crippen molar-refractivity contribution in [3.05, 3.63) is 12.7 Å². The number of ether oxygens (including phenoxy) is 2. The first-order valence-corrected chi connectivity index (χ1v) is 9.98. The van der Waals surface area contributed by atoms with Crippen molar-refractivity contribution in [3.63, 3.8) is 0 Å². The molecule has 0 saturated heterocycles. The van der Waals surface area contributed by atoms with Crippen molar-refractivity contribution >= 4 is 11.9 Å². The van der Waals surface area contributed by atoms with Gasteiger partial charge in [0.15, 0.2) is 0 Å². The van der Waals surface area contributed by atoms with Gasteiger partial charge in [0, 0.05) is 6.08 Å². The van der Waals surface area contributed by atoms with Crippen molar-refractivity contribution < 1.29 is 19.1 Å². The minimum Gasteiger partial charge on any atom is -0.459 e. The number of rotatable bonds is 5. The molecule has 0 aromatic heterocycles. The Morgan fingerprint density at radius 1 is 1.00 bits per heavy atom. The van der Waals surface area contributed by atoms with E-state index in [9.17, 15) is 9.59 Å². The molecule has 0 spiro atoms. The average molecular weight is 346 g/mol. The normalized spacial score (nSPS) is 44.3. The van der Waals surface area contributed by atoms with E-state index in [0.717, 1.165) is 11.8 Å². The zero-order chi connectivity index (χ0) is 17.8. The first kappa shape index (κ1) is 17.1. The number of esters is 2. The molecule has 138 valence electrons. The second kappa shape index (κ2) is 6.14. The standard InChI is InChI=1S/C21H30O4/c1-4-19(22)24-18-10-15(11-18)20(23)25-21(12(2)3)16-6-13-5-14(8-16)9-17(21)7-13/h4,12-18H,1,5-11H2,2-3H3. The van der Waals surface area contributed by atoms with Crippen LogP contribution in [0.2, 0.25) is 0 Å². The van der Waals surface area contributed by atoms with E-state index in [0.29, 0.717) is 30.6 Å². The van der Waals surface area contributed by atoms with E-state index in [1.165, 1.54) is 38.2 Å². The molecule has 5 fully saturated rings. The Morgan fingerprint density at radius 3 is 2.04 bits per heavy atom. The van der Waals surface area contributed by atoms with Gasteiger partial charge in [0.25, 0.3) is 0 Å². The van der Waals surface area contributed by atoms with Crippen LogP contribution in [0, 0.1) is 35.5 Å². The second-order valence-corrected chi connectivity index (χ2v) is 9.17. The van der Waals surface area contributed by atoms with Gasteiger partial charge in [-0.05, 0) is 74.5 Å². The molecule has 0 N–H and O–H groups in total. The first-order chi connectivity index (χ1) is 11.9. The molecule has 4 heteroatoms. The Balaban J connectivity index is 1.42. The highest BCUT2D eigenvalue weighted by atomic mass is 16.6. The van der Waals surface area contributed by atoms with Gasteiger partial charge in [-0.2, -0.15) is 0 Å². The summed E-state index contributed by atoms with van der Waals surface area (Å²) in [4.78, 5) is 24.1. The Hall–Kier alpha value is -1.32. The van der Waals surface area contributed by atoms with Crippen LogP contribution in [0.4, 0.5) is 0 Å². The van der Waals surface area contributed by atoms with E-state index < -0.39 is 5.97 Å². The Morgan fingerprint density at radius 2 is 1.56 bits per heavy atom. The molecule has 5 saturated carbocycles. The summed E-state index contributed by atoms with van der Waals surface area (Å²) in [6.07, 6.45) is 8.55. The van der Waals surface area contributed by atoms with Crippen LogP contribution < -0.4 is 0 Å². The highest BCUT2D eigenvalue weighted by Crippen LogP contribution is 2.62. The topological polar surface area (TPSA) is 52.6 Å². The Bertz CT molecular complexity index is 544. The van der Waals surface area contributed by atoms with E-state index in [1.807, 2.05) is 0 Å². The van der Waals surface area contributed by atoms with E-state index in [1.54, 1.807) is 0 Å². The van der Waals surface area contributed by atoms with Crippen molar-refractivity contribution in [2.45, 2.75) is 70.5 Å². The lowest BCUT2D eigenvalue weighted by Crippen LogP contribution is -2.63. The minimum absolute atomic E-state index is 0.0629. The highest BCUT2D eigenvalue weighted by Gasteiger charge is 2.61. The second-order valence-electron chi connectivity index (χ2n) is 9.17. The van der Waals surface area contributed by atoms with Gasteiger partial charge in [0.05, 0.1) is 5.92 Å². The van der Waals surface area contributed by atoms with Crippen LogP contribution in [0.25, 0.3) is 0 Å². The molecular formula is C21H30O4. The highest BCUT2D eigenvalue weighted by molar-refractivity contribution is 5.81. The lowest BCUT2D eigenvalue weighted by Gasteiger charge is -2.62. The fourth-order valence-corrected chi connectivity index (χ4v) is 6.47. The predicted octanol–water partition coefficient (Wildman–Crippen LogP) is 3.89. The van der Waals surface area contributed by atoms with Crippen molar-refractivity contribution in [2.24, 2.45) is 35.5 Å². The van der Waals surface area contributed by atoms with Crippen molar-refractivity contribution in [1.29, 1.82) is 0 Å². The van der Waals surface area contributed by atoms with Gasteiger partial charge in [-0.1, -0.05) is 20.4 Å². The molecule has 5 aliphatic carbocycles. The van der Waals surface area contributed by atoms with E-state index >= 15 is 0 Å². The Labute approximate surface area is 150 Å². The maximum absolute atomic E-state index is 12.8. The third-order valence-electron chi connectivity index (χ3n) is 7.47. The molecule has 0 amide bonds. The summed E-state index contributed by atoms with van der Waals surface area (Å²) in [5.74, 6) is 2.59. The third kappa shape index (κ3) is 2.72. The number of carbonyl (C=O) groups is 2. The summed E-state index contributed by atoms with van der Waals surface area (Å²) < 4.78 is 11.6. The molecule has 0 radical (unpaired) electrons. The molecule has 0 aromatic rings. The molecule has 25 heavy (non-hydrogen) atoms. The van der Waals surface area contributed by atoms with Gasteiger partial charge in [0.1, 0.15) is 11.7 Å². The van der Waals surface area contributed by atoms with E-state index in [4.69, 9.17) is 9.47 Å². The van der Waals surface area contributed by atoms with Crippen LogP contribution in [0.15, 0.2) is 12.7 Å². The molecule has 4 bridgehead atoms. The van der Waals surface area contributed by atoms with Crippen molar-refractivity contribution in [2.75, 3.05) is 0 Å². The predicted molar refractivity (Wildman–Crippen MR) is 93.5 cm³/mol. The van der Waals surface area contributed by atoms with Gasteiger partial charge in [-0.15, -0.1) is 0 Å². The average Bonchev–Trinajstić information content (AvgIpc) is 2.52. The van der Waals surface area contributed by atoms with Gasteiger partial charge in [-0.25, -0.2) is 4.79 Å². The maximum atomic E-state index is 12.8. The molecule has 0 heterocycles. The quantitative estimate of drug-likeness (QED) is 0.560. The summed E-state index contributed by atoms with van der Waals surface area (Å²) >= 11 is 0. The van der Waals surface area contributed by atoms with Gasteiger partial charge in [0.2, 0.25) is 0 Å². The molecule has 0 atom stereocenters. The zero-order valence-electron chi connectivity index (χ0n) is 15.4. The number of hydrogen-bond acceptors (Lipinski definition) is 4. The lowest BCUT2D eigenvalue weighted by atomic mass is 9.47. The molecule has 5 rings (SSSR count). The van der Waals surface area contributed by atoms with Crippen LogP contribution in [-0.4, -0.2) is 23.6 Å². The summed E-state index contributed by atoms with van der Waals surface area (Å²) in [6.45, 7) is 7.86. The fourth-order valence-electron chi connectivity index (χ4n) is 6.47. The smallest absolute Gasteiger partial charge is 0.330 e. The van der Waals surface area contributed by atoms with Gasteiger partial charge in [-0.3, -0.25) is 4.79 Å². The summed E-state index contributed by atoms with van der Waals surface area (Å²) in [6, 6.07) is 0. The molecule has 4 nitrogen and oxygen atoms in total. The van der Waals surface area contributed by atoms with Crippen LogP contribution >= 0.6 is 0 Å². The third-order valence-corrected chi connectivity index (χ3v) is 7.47. The SMILES string of the molecule is C=CC(=O)OC1CC(C(=O)OC2(C(C)C)C3CC4CC(C3)CC2C4)C1. The van der Waals surface area contributed by atoms with E-state index in [2.05, 4.69) is 20.4 Å². The summed E-state index contributed by atoms with van der Waals surface area (Å²) in [5, 5.41) is 0. The Kier molecular flexibility index (Phi) is 4.20. The lowest BCUT2D eigenvalue weighted by molar-refractivity contribution is -0.232. The summed E-state index contributed by atoms with van der Waals surface area (Å²) in [7, 11) is 0. The molecule has 0 aliphatic heterocycles. The van der Waals surface area contributed by atoms with Crippen LogP contribution in [0.5, 0.6) is 0 Å². The van der Waals surface area contributed by atoms with Crippen molar-refractivity contribution in [1.82, 2.24) is 0 Å². The monoisotopic (exact) mass is 346 g/mol. The van der Waals surface area contributed by atoms with Crippen LogP contribution in [-0.2, 0) is 19.1 Å². The molecule has 0 aromatic carbocycles. The van der Waals surface area contributed by atoms with E-state index in [-0.39, 0.29) is 23.6 Å². The first-order valence-electron chi connectivity index (χ1n) is 9.98. The largest absolute Gasteiger partial charge is 0.459 e. The molecule has 0 unspecified atom stereocenters. The number of hydrogen-bond donors (Lipinski definition) is 0. The van der Waals surface area contributed by atoms with Crippen LogP contribution in [0.1, 0.15) is 58.8 Å². The van der Waals surface area contributed by atoms with Crippen LogP contribution in [0.3, 0.4) is 0 Å². The maximum Gasteiger partial charge on any atom is 0.330 e. The fraction of sp³-hybridized carbons (Fsp3) is 0.810. The molecular weight excluding hydrogens is 316 g/mol. The van der Waals surface area contributed by atoms with Gasteiger partial charge >= 0.3 is 11.9 Å². The summed E-state index contributed by atoms with van der Waals surface area (Å²) in [5.41, 5.74) is -0.257. The van der Waals surface area contributed by atoms with Crippen molar-refractivity contribution in [3.8, 4) is 0 Å². The van der Waals surface area contributed by atoms with Gasteiger partial charge < -0.3 is 9.47 Å². The zero-order valence-corrected chi connectivity index (χ0v) is 15.4. The number of carbonyl (C=O) groups excluding carboxylic acids is 2. The molecule has 5 aliphatic rings.